The predicted octanol–water partition coefficient (Wildman–Crippen LogP) is 14.2. The third-order valence-corrected chi connectivity index (χ3v) is 11.2. The van der Waals surface area contributed by atoms with Gasteiger partial charge in [0.05, 0.1) is 5.69 Å². The fraction of sp³-hybridized carbons (Fsp3) is 0.0385. The van der Waals surface area contributed by atoms with Crippen LogP contribution in [0.3, 0.4) is 0 Å². The van der Waals surface area contributed by atoms with E-state index in [1.165, 1.54) is 16.3 Å². The summed E-state index contributed by atoms with van der Waals surface area (Å²) in [6, 6.07) is 62.9. The molecular weight excluding hydrogens is 671 g/mol. The van der Waals surface area contributed by atoms with Gasteiger partial charge in [0.2, 0.25) is 0 Å². The second-order valence-corrected chi connectivity index (χ2v) is 14.4. The van der Waals surface area contributed by atoms with Gasteiger partial charge in [0.15, 0.2) is 0 Å². The molecule has 2 unspecified atom stereocenters. The Morgan fingerprint density at radius 3 is 2.11 bits per heavy atom. The molecule has 0 saturated carbocycles. The molecule has 9 aromatic rings. The third-order valence-electron chi connectivity index (χ3n) is 11.2. The molecule has 8 aromatic carbocycles. The summed E-state index contributed by atoms with van der Waals surface area (Å²) in [5.41, 5.74) is 12.9. The van der Waals surface area contributed by atoms with Gasteiger partial charge >= 0.3 is 0 Å². The van der Waals surface area contributed by atoms with Crippen molar-refractivity contribution < 1.29 is 9.15 Å². The van der Waals surface area contributed by atoms with Crippen molar-refractivity contribution >= 4 is 49.8 Å². The lowest BCUT2D eigenvalue weighted by molar-refractivity contribution is 0.270. The Kier molecular flexibility index (Phi) is 7.31. The molecule has 0 radical (unpaired) electrons. The van der Waals surface area contributed by atoms with Crippen LogP contribution in [0.4, 0.5) is 17.1 Å². The second kappa shape index (κ2) is 12.8. The molecule has 0 bridgehead atoms. The minimum absolute atomic E-state index is 0.0127. The first-order valence-electron chi connectivity index (χ1n) is 18.9. The minimum Gasteiger partial charge on any atom is -0.484 e. The summed E-state index contributed by atoms with van der Waals surface area (Å²) >= 11 is 0. The molecule has 0 fully saturated rings. The van der Waals surface area contributed by atoms with Gasteiger partial charge in [-0.2, -0.15) is 0 Å². The fourth-order valence-corrected chi connectivity index (χ4v) is 8.65. The highest BCUT2D eigenvalue weighted by molar-refractivity contribution is 6.11. The molecule has 2 heterocycles. The number of rotatable bonds is 6. The highest BCUT2D eigenvalue weighted by atomic mass is 16.5. The zero-order valence-corrected chi connectivity index (χ0v) is 30.0. The Balaban J connectivity index is 1.11. The first-order valence-corrected chi connectivity index (χ1v) is 18.9. The number of hydrogen-bond acceptors (Lipinski definition) is 3. The van der Waals surface area contributed by atoms with Gasteiger partial charge < -0.3 is 14.1 Å². The Morgan fingerprint density at radius 1 is 0.455 bits per heavy atom. The molecule has 1 aliphatic carbocycles. The summed E-state index contributed by atoms with van der Waals surface area (Å²) in [6.45, 7) is 0. The molecule has 2 atom stereocenters. The van der Waals surface area contributed by atoms with Gasteiger partial charge in [0.25, 0.3) is 0 Å². The van der Waals surface area contributed by atoms with E-state index in [4.69, 9.17) is 9.15 Å². The number of fused-ring (bicyclic) bond motifs is 7. The van der Waals surface area contributed by atoms with Crippen LogP contribution >= 0.6 is 0 Å². The lowest BCUT2D eigenvalue weighted by Gasteiger charge is -2.27. The summed E-state index contributed by atoms with van der Waals surface area (Å²) in [5, 5.41) is 4.64. The highest BCUT2D eigenvalue weighted by Crippen LogP contribution is 2.50. The summed E-state index contributed by atoms with van der Waals surface area (Å²) in [5.74, 6) is 1.14. The zero-order valence-electron chi connectivity index (χ0n) is 30.0. The number of furan rings is 1. The van der Waals surface area contributed by atoms with Crippen molar-refractivity contribution in [1.29, 1.82) is 0 Å². The van der Waals surface area contributed by atoms with Crippen molar-refractivity contribution in [2.45, 2.75) is 12.0 Å². The summed E-state index contributed by atoms with van der Waals surface area (Å²) in [7, 11) is 0. The van der Waals surface area contributed by atoms with Gasteiger partial charge in [-0.25, -0.2) is 0 Å². The molecule has 0 amide bonds. The third kappa shape index (κ3) is 5.20. The van der Waals surface area contributed by atoms with Gasteiger partial charge in [-0.3, -0.25) is 0 Å². The monoisotopic (exact) mass is 705 g/mol. The van der Waals surface area contributed by atoms with E-state index in [1.807, 2.05) is 12.1 Å². The van der Waals surface area contributed by atoms with Crippen molar-refractivity contribution in [3.63, 3.8) is 0 Å². The average molecular weight is 706 g/mol. The lowest BCUT2D eigenvalue weighted by Crippen LogP contribution is -2.15. The number of anilines is 3. The molecule has 55 heavy (non-hydrogen) atoms. The van der Waals surface area contributed by atoms with Crippen LogP contribution in [0, 0.1) is 0 Å². The molecule has 0 spiro atoms. The van der Waals surface area contributed by atoms with E-state index in [9.17, 15) is 0 Å². The topological polar surface area (TPSA) is 25.6 Å². The van der Waals surface area contributed by atoms with E-state index in [1.54, 1.807) is 0 Å². The normalized spacial score (nSPS) is 15.6. The number of ether oxygens (including phenoxy) is 1. The summed E-state index contributed by atoms with van der Waals surface area (Å²) < 4.78 is 13.4. The van der Waals surface area contributed by atoms with E-state index in [0.717, 1.165) is 78.1 Å². The van der Waals surface area contributed by atoms with Crippen LogP contribution in [0.25, 0.3) is 66.1 Å². The number of hydrogen-bond donors (Lipinski definition) is 0. The maximum Gasteiger partial charge on any atom is 0.143 e. The van der Waals surface area contributed by atoms with Gasteiger partial charge in [-0.05, 0) is 76.2 Å². The van der Waals surface area contributed by atoms with E-state index < -0.39 is 0 Å². The lowest BCUT2D eigenvalue weighted by atomic mass is 9.87. The molecule has 0 saturated heterocycles. The molecule has 0 N–H and O–H groups in total. The van der Waals surface area contributed by atoms with Crippen LogP contribution in [-0.2, 0) is 0 Å². The molecular formula is C52H35NO2. The largest absolute Gasteiger partial charge is 0.484 e. The maximum atomic E-state index is 6.78. The van der Waals surface area contributed by atoms with Crippen LogP contribution in [0.5, 0.6) is 5.75 Å². The van der Waals surface area contributed by atoms with Crippen molar-refractivity contribution in [2.75, 3.05) is 4.90 Å². The van der Waals surface area contributed by atoms with Crippen molar-refractivity contribution in [3.05, 3.63) is 206 Å². The molecule has 3 heteroatoms. The van der Waals surface area contributed by atoms with Crippen LogP contribution in [0.15, 0.2) is 205 Å². The summed E-state index contributed by atoms with van der Waals surface area (Å²) in [4.78, 5) is 2.37. The van der Waals surface area contributed by atoms with Gasteiger partial charge in [0, 0.05) is 50.1 Å². The van der Waals surface area contributed by atoms with Crippen molar-refractivity contribution in [3.8, 4) is 39.1 Å². The van der Waals surface area contributed by atoms with Crippen LogP contribution in [-0.4, -0.2) is 6.10 Å². The molecule has 3 nitrogen and oxygen atoms in total. The summed E-state index contributed by atoms with van der Waals surface area (Å²) in [6.07, 6.45) is 8.63. The number of benzene rings is 8. The molecule has 1 aromatic heterocycles. The molecule has 11 rings (SSSR count). The second-order valence-electron chi connectivity index (χ2n) is 14.4. The quantitative estimate of drug-likeness (QED) is 0.172. The Labute approximate surface area is 319 Å². The van der Waals surface area contributed by atoms with Crippen molar-refractivity contribution in [2.24, 2.45) is 0 Å². The zero-order chi connectivity index (χ0) is 36.3. The first-order chi connectivity index (χ1) is 27.3. The van der Waals surface area contributed by atoms with Gasteiger partial charge in [0.1, 0.15) is 23.0 Å². The average Bonchev–Trinajstić information content (AvgIpc) is 3.83. The Bertz CT molecular complexity index is 2980. The maximum absolute atomic E-state index is 6.78. The van der Waals surface area contributed by atoms with E-state index in [2.05, 4.69) is 193 Å². The standard InChI is InChI=1S/C52H35NO2/c1-2-17-37(18-3-1)53(48-27-11-15-34-14-4-5-20-39(34)48)38-19-10-16-35(32-38)36-30-31-40(43-23-12-24-44-41-21-6-8-28-49(41)54-51(43)44)47(33-36)46-26-13-25-45-42-22-7-9-29-50(42)55-52(45)46/h1-33,42,50H. The minimum atomic E-state index is -0.0127. The van der Waals surface area contributed by atoms with Gasteiger partial charge in [-0.1, -0.05) is 152 Å². The van der Waals surface area contributed by atoms with E-state index in [0.29, 0.717) is 0 Å². The number of allylic oxidation sites excluding steroid dienone is 2. The molecule has 260 valence electrons. The van der Waals surface area contributed by atoms with Crippen LogP contribution < -0.4 is 9.64 Å². The number of para-hydroxylation sites is 4. The molecule has 2 aliphatic rings. The predicted molar refractivity (Wildman–Crippen MR) is 228 cm³/mol. The van der Waals surface area contributed by atoms with Crippen LogP contribution in [0.1, 0.15) is 11.5 Å². The van der Waals surface area contributed by atoms with Crippen LogP contribution in [0.2, 0.25) is 0 Å². The molecule has 1 aliphatic heterocycles. The first kappa shape index (κ1) is 31.4. The SMILES string of the molecule is C1=CC2Oc3c(-c4cc(-c5cccc(N(c6ccccc6)c6cccc7ccccc67)c5)ccc4-c4cccc5c4oc4ccccc45)cccc3C2C=C1. The Hall–Kier alpha value is -7.10. The van der Waals surface area contributed by atoms with Gasteiger partial charge in [-0.15, -0.1) is 0 Å². The fourth-order valence-electron chi connectivity index (χ4n) is 8.65. The Morgan fingerprint density at radius 2 is 1.16 bits per heavy atom. The smallest absolute Gasteiger partial charge is 0.143 e. The van der Waals surface area contributed by atoms with Crippen molar-refractivity contribution in [1.82, 2.24) is 0 Å². The van der Waals surface area contributed by atoms with E-state index in [-0.39, 0.29) is 12.0 Å². The highest BCUT2D eigenvalue weighted by Gasteiger charge is 2.34. The number of nitrogens with zero attached hydrogens (tertiary/aromatic N) is 1. The van der Waals surface area contributed by atoms with E-state index >= 15 is 0 Å².